The number of carbonyl (C=O) groups excluding carboxylic acids is 1. The monoisotopic (exact) mass is 471 g/mol. The molecular formula is C22H21N3O7S. The van der Waals surface area contributed by atoms with Gasteiger partial charge in [0.25, 0.3) is 21.6 Å². The maximum absolute atomic E-state index is 12.5. The van der Waals surface area contributed by atoms with Crippen molar-refractivity contribution >= 4 is 33.0 Å². The van der Waals surface area contributed by atoms with Gasteiger partial charge in [-0.15, -0.1) is 0 Å². The third kappa shape index (κ3) is 5.98. The van der Waals surface area contributed by atoms with Crippen LogP contribution in [0.2, 0.25) is 0 Å². The van der Waals surface area contributed by atoms with E-state index in [0.717, 1.165) is 0 Å². The number of nitro groups is 1. The van der Waals surface area contributed by atoms with Crippen molar-refractivity contribution in [3.8, 4) is 11.5 Å². The summed E-state index contributed by atoms with van der Waals surface area (Å²) in [5.74, 6) is 0.366. The summed E-state index contributed by atoms with van der Waals surface area (Å²) in [6.07, 6.45) is 0. The van der Waals surface area contributed by atoms with Gasteiger partial charge in [0.2, 0.25) is 0 Å². The van der Waals surface area contributed by atoms with E-state index in [9.17, 15) is 23.3 Å². The van der Waals surface area contributed by atoms with Crippen LogP contribution >= 0.6 is 0 Å². The topological polar surface area (TPSA) is 137 Å². The van der Waals surface area contributed by atoms with Crippen molar-refractivity contribution in [2.24, 2.45) is 0 Å². The van der Waals surface area contributed by atoms with Gasteiger partial charge >= 0.3 is 0 Å². The number of hydrogen-bond donors (Lipinski definition) is 2. The highest BCUT2D eigenvalue weighted by Crippen LogP contribution is 2.25. The van der Waals surface area contributed by atoms with E-state index in [1.807, 2.05) is 0 Å². The second-order valence-electron chi connectivity index (χ2n) is 6.85. The summed E-state index contributed by atoms with van der Waals surface area (Å²) in [5, 5.41) is 13.6. The molecule has 0 aromatic heterocycles. The van der Waals surface area contributed by atoms with Crippen molar-refractivity contribution in [3.05, 3.63) is 82.4 Å². The lowest BCUT2D eigenvalue weighted by atomic mass is 10.1. The predicted octanol–water partition coefficient (Wildman–Crippen LogP) is 3.73. The van der Waals surface area contributed by atoms with E-state index >= 15 is 0 Å². The first-order valence-corrected chi connectivity index (χ1v) is 11.1. The molecule has 0 atom stereocenters. The maximum Gasteiger partial charge on any atom is 0.274 e. The SMILES string of the molecule is COc1ccc(NS(=O)(=O)c2ccc(OCC(=O)Nc3cccc([N+](=O)[O-])c3C)cc2)cc1. The third-order valence-electron chi connectivity index (χ3n) is 4.62. The molecule has 0 aliphatic rings. The molecule has 0 saturated carbocycles. The Kier molecular flexibility index (Phi) is 7.13. The lowest BCUT2D eigenvalue weighted by Gasteiger charge is -2.11. The highest BCUT2D eigenvalue weighted by atomic mass is 32.2. The van der Waals surface area contributed by atoms with E-state index in [-0.39, 0.29) is 22.9 Å². The van der Waals surface area contributed by atoms with Crippen molar-refractivity contribution in [1.29, 1.82) is 0 Å². The summed E-state index contributed by atoms with van der Waals surface area (Å²) in [6, 6.07) is 16.3. The van der Waals surface area contributed by atoms with Crippen molar-refractivity contribution in [1.82, 2.24) is 0 Å². The largest absolute Gasteiger partial charge is 0.497 e. The first-order valence-electron chi connectivity index (χ1n) is 9.63. The van der Waals surface area contributed by atoms with Crippen LogP contribution in [-0.4, -0.2) is 33.0 Å². The van der Waals surface area contributed by atoms with Gasteiger partial charge in [0.15, 0.2) is 6.61 Å². The number of anilines is 2. The average molecular weight is 471 g/mol. The Bertz CT molecular complexity index is 1260. The lowest BCUT2D eigenvalue weighted by molar-refractivity contribution is -0.385. The highest BCUT2D eigenvalue weighted by Gasteiger charge is 2.16. The number of carbonyl (C=O) groups is 1. The number of nitro benzene ring substituents is 1. The molecule has 3 aromatic rings. The van der Waals surface area contributed by atoms with Crippen LogP contribution in [0.1, 0.15) is 5.56 Å². The van der Waals surface area contributed by atoms with Gasteiger partial charge in [-0.2, -0.15) is 0 Å². The van der Waals surface area contributed by atoms with E-state index < -0.39 is 20.9 Å². The molecule has 0 unspecified atom stereocenters. The Morgan fingerprint density at radius 3 is 2.24 bits per heavy atom. The Morgan fingerprint density at radius 2 is 1.64 bits per heavy atom. The Morgan fingerprint density at radius 1 is 1.00 bits per heavy atom. The zero-order valence-electron chi connectivity index (χ0n) is 17.8. The number of rotatable bonds is 9. The fourth-order valence-electron chi connectivity index (χ4n) is 2.88. The van der Waals surface area contributed by atoms with Crippen LogP contribution in [-0.2, 0) is 14.8 Å². The molecule has 1 amide bonds. The normalized spacial score (nSPS) is 10.8. The summed E-state index contributed by atoms with van der Waals surface area (Å²) < 4.78 is 38.0. The van der Waals surface area contributed by atoms with Gasteiger partial charge in [-0.3, -0.25) is 19.6 Å². The predicted molar refractivity (Wildman–Crippen MR) is 122 cm³/mol. The van der Waals surface area contributed by atoms with E-state index in [0.29, 0.717) is 22.7 Å². The van der Waals surface area contributed by atoms with Gasteiger partial charge in [0, 0.05) is 11.8 Å². The molecule has 3 aromatic carbocycles. The van der Waals surface area contributed by atoms with Crippen molar-refractivity contribution in [2.75, 3.05) is 23.8 Å². The number of nitrogens with zero attached hydrogens (tertiary/aromatic N) is 1. The van der Waals surface area contributed by atoms with Gasteiger partial charge in [-0.05, 0) is 61.5 Å². The summed E-state index contributed by atoms with van der Waals surface area (Å²) in [7, 11) is -2.30. The van der Waals surface area contributed by atoms with Gasteiger partial charge in [-0.25, -0.2) is 8.42 Å². The molecule has 3 rings (SSSR count). The molecule has 33 heavy (non-hydrogen) atoms. The molecule has 2 N–H and O–H groups in total. The fraction of sp³-hybridized carbons (Fsp3) is 0.136. The van der Waals surface area contributed by atoms with Gasteiger partial charge in [0.1, 0.15) is 11.5 Å². The van der Waals surface area contributed by atoms with Crippen LogP contribution in [0.5, 0.6) is 11.5 Å². The minimum absolute atomic E-state index is 0.0161. The smallest absolute Gasteiger partial charge is 0.274 e. The number of hydrogen-bond acceptors (Lipinski definition) is 7. The quantitative estimate of drug-likeness (QED) is 0.358. The van der Waals surface area contributed by atoms with Crippen LogP contribution in [0.4, 0.5) is 17.1 Å². The first kappa shape index (κ1) is 23.5. The molecule has 0 aliphatic carbocycles. The molecular weight excluding hydrogens is 450 g/mol. The standard InChI is InChI=1S/C22H21N3O7S/c1-15-20(4-3-5-21(15)25(27)28)23-22(26)14-32-18-10-12-19(13-11-18)33(29,30)24-16-6-8-17(31-2)9-7-16/h3-13,24H,14H2,1-2H3,(H,23,26). The average Bonchev–Trinajstić information content (AvgIpc) is 2.79. The van der Waals surface area contributed by atoms with Crippen molar-refractivity contribution in [3.63, 3.8) is 0 Å². The molecule has 0 bridgehead atoms. The summed E-state index contributed by atoms with van der Waals surface area (Å²) >= 11 is 0. The van der Waals surface area contributed by atoms with Crippen LogP contribution in [0.15, 0.2) is 71.6 Å². The lowest BCUT2D eigenvalue weighted by Crippen LogP contribution is -2.21. The van der Waals surface area contributed by atoms with Gasteiger partial charge < -0.3 is 14.8 Å². The summed E-state index contributed by atoms with van der Waals surface area (Å²) in [5.41, 5.74) is 0.914. The molecule has 0 saturated heterocycles. The van der Waals surface area contributed by atoms with Crippen LogP contribution in [0, 0.1) is 17.0 Å². The van der Waals surface area contributed by atoms with E-state index in [2.05, 4.69) is 10.0 Å². The second-order valence-corrected chi connectivity index (χ2v) is 8.53. The molecule has 0 aliphatic heterocycles. The number of methoxy groups -OCH3 is 1. The number of ether oxygens (including phenoxy) is 2. The zero-order chi connectivity index (χ0) is 24.0. The number of sulfonamides is 1. The second kappa shape index (κ2) is 10.0. The van der Waals surface area contributed by atoms with Crippen LogP contribution in [0.3, 0.4) is 0 Å². The molecule has 0 radical (unpaired) electrons. The van der Waals surface area contributed by atoms with Crippen molar-refractivity contribution in [2.45, 2.75) is 11.8 Å². The molecule has 11 heteroatoms. The van der Waals surface area contributed by atoms with Gasteiger partial charge in [-0.1, -0.05) is 6.07 Å². The zero-order valence-corrected chi connectivity index (χ0v) is 18.6. The minimum atomic E-state index is -3.82. The van der Waals surface area contributed by atoms with Crippen LogP contribution in [0.25, 0.3) is 0 Å². The molecule has 172 valence electrons. The number of benzene rings is 3. The maximum atomic E-state index is 12.5. The molecule has 0 spiro atoms. The third-order valence-corrected chi connectivity index (χ3v) is 6.02. The number of amides is 1. The Balaban J connectivity index is 1.59. The molecule has 10 nitrogen and oxygen atoms in total. The first-order chi connectivity index (χ1) is 15.7. The van der Waals surface area contributed by atoms with E-state index in [4.69, 9.17) is 9.47 Å². The minimum Gasteiger partial charge on any atom is -0.497 e. The Labute approximate surface area is 190 Å². The molecule has 0 fully saturated rings. The number of nitrogens with one attached hydrogen (secondary N) is 2. The Hall–Kier alpha value is -4.12. The highest BCUT2D eigenvalue weighted by molar-refractivity contribution is 7.92. The van der Waals surface area contributed by atoms with Gasteiger partial charge in [0.05, 0.1) is 28.2 Å². The fourth-order valence-corrected chi connectivity index (χ4v) is 3.94. The summed E-state index contributed by atoms with van der Waals surface area (Å²) in [6.45, 7) is 1.17. The van der Waals surface area contributed by atoms with Crippen molar-refractivity contribution < 1.29 is 27.6 Å². The summed E-state index contributed by atoms with van der Waals surface area (Å²) in [4.78, 5) is 22.7. The van der Waals surface area contributed by atoms with E-state index in [1.165, 1.54) is 50.4 Å². The van der Waals surface area contributed by atoms with E-state index in [1.54, 1.807) is 30.3 Å². The van der Waals surface area contributed by atoms with Crippen LogP contribution < -0.4 is 19.5 Å². The molecule has 0 heterocycles.